The van der Waals surface area contributed by atoms with Gasteiger partial charge in [-0.1, -0.05) is 31.3 Å². The van der Waals surface area contributed by atoms with E-state index in [2.05, 4.69) is 11.8 Å². The highest BCUT2D eigenvalue weighted by Crippen LogP contribution is 2.29. The molecule has 0 amide bonds. The van der Waals surface area contributed by atoms with E-state index in [1.165, 1.54) is 6.42 Å². The molecule has 114 valence electrons. The average Bonchev–Trinajstić information content (AvgIpc) is 2.44. The van der Waals surface area contributed by atoms with Crippen molar-refractivity contribution in [2.45, 2.75) is 31.1 Å². The predicted octanol–water partition coefficient (Wildman–Crippen LogP) is 1.81. The lowest BCUT2D eigenvalue weighted by molar-refractivity contribution is 0.250. The lowest BCUT2D eigenvalue weighted by Crippen LogP contribution is -2.37. The SMILES string of the molecule is CCN(CC1CCC1)S(=O)(=O)c1cccc(C#CCN)c1. The van der Waals surface area contributed by atoms with Crippen LogP contribution in [0, 0.1) is 17.8 Å². The van der Waals surface area contributed by atoms with Gasteiger partial charge in [-0.25, -0.2) is 8.42 Å². The summed E-state index contributed by atoms with van der Waals surface area (Å²) in [4.78, 5) is 0.312. The van der Waals surface area contributed by atoms with Gasteiger partial charge in [-0.15, -0.1) is 0 Å². The summed E-state index contributed by atoms with van der Waals surface area (Å²) in [5, 5.41) is 0. The van der Waals surface area contributed by atoms with E-state index in [9.17, 15) is 8.42 Å². The largest absolute Gasteiger partial charge is 0.320 e. The normalized spacial score (nSPS) is 15.4. The predicted molar refractivity (Wildman–Crippen MR) is 84.1 cm³/mol. The Balaban J connectivity index is 2.24. The van der Waals surface area contributed by atoms with E-state index in [0.717, 1.165) is 12.8 Å². The molecule has 0 saturated heterocycles. The molecule has 1 aliphatic carbocycles. The molecule has 1 fully saturated rings. The maximum absolute atomic E-state index is 12.7. The lowest BCUT2D eigenvalue weighted by Gasteiger charge is -2.31. The van der Waals surface area contributed by atoms with Gasteiger partial charge in [0, 0.05) is 18.7 Å². The van der Waals surface area contributed by atoms with Crippen LogP contribution in [0.25, 0.3) is 0 Å². The number of sulfonamides is 1. The third-order valence-electron chi connectivity index (χ3n) is 3.85. The summed E-state index contributed by atoms with van der Waals surface area (Å²) in [6.07, 6.45) is 3.48. The van der Waals surface area contributed by atoms with E-state index in [1.54, 1.807) is 28.6 Å². The van der Waals surface area contributed by atoms with Gasteiger partial charge in [-0.2, -0.15) is 4.31 Å². The fourth-order valence-electron chi connectivity index (χ4n) is 2.40. The number of hydrogen-bond donors (Lipinski definition) is 1. The van der Waals surface area contributed by atoms with E-state index >= 15 is 0 Å². The van der Waals surface area contributed by atoms with Crippen molar-refractivity contribution < 1.29 is 8.42 Å². The monoisotopic (exact) mass is 306 g/mol. The van der Waals surface area contributed by atoms with Gasteiger partial charge in [0.1, 0.15) is 0 Å². The molecule has 0 spiro atoms. The molecule has 1 aromatic rings. The summed E-state index contributed by atoms with van der Waals surface area (Å²) >= 11 is 0. The van der Waals surface area contributed by atoms with E-state index < -0.39 is 10.0 Å². The first-order valence-electron chi connectivity index (χ1n) is 7.37. The van der Waals surface area contributed by atoms with Crippen LogP contribution in [0.2, 0.25) is 0 Å². The quantitative estimate of drug-likeness (QED) is 0.844. The van der Waals surface area contributed by atoms with Crippen molar-refractivity contribution in [2.75, 3.05) is 19.6 Å². The highest BCUT2D eigenvalue weighted by Gasteiger charge is 2.28. The lowest BCUT2D eigenvalue weighted by atomic mass is 9.85. The molecule has 2 N–H and O–H groups in total. The van der Waals surface area contributed by atoms with Crippen LogP contribution in [-0.4, -0.2) is 32.4 Å². The van der Waals surface area contributed by atoms with Gasteiger partial charge >= 0.3 is 0 Å². The summed E-state index contributed by atoms with van der Waals surface area (Å²) in [5.74, 6) is 6.14. The molecule has 5 heteroatoms. The molecule has 4 nitrogen and oxygen atoms in total. The summed E-state index contributed by atoms with van der Waals surface area (Å²) in [7, 11) is -3.44. The Morgan fingerprint density at radius 2 is 2.14 bits per heavy atom. The zero-order valence-corrected chi connectivity index (χ0v) is 13.2. The smallest absolute Gasteiger partial charge is 0.243 e. The second-order valence-electron chi connectivity index (χ2n) is 5.29. The van der Waals surface area contributed by atoms with Crippen LogP contribution in [0.3, 0.4) is 0 Å². The molecule has 2 rings (SSSR count). The number of hydrogen-bond acceptors (Lipinski definition) is 3. The second-order valence-corrected chi connectivity index (χ2v) is 7.22. The summed E-state index contributed by atoms with van der Waals surface area (Å²) in [6, 6.07) is 6.78. The highest BCUT2D eigenvalue weighted by molar-refractivity contribution is 7.89. The highest BCUT2D eigenvalue weighted by atomic mass is 32.2. The first-order valence-corrected chi connectivity index (χ1v) is 8.81. The Labute approximate surface area is 127 Å². The Hall–Kier alpha value is -1.35. The number of nitrogens with two attached hydrogens (primary N) is 1. The van der Waals surface area contributed by atoms with Crippen LogP contribution in [-0.2, 0) is 10.0 Å². The minimum atomic E-state index is -3.44. The van der Waals surface area contributed by atoms with Crippen LogP contribution in [0.15, 0.2) is 29.2 Å². The number of nitrogens with zero attached hydrogens (tertiary/aromatic N) is 1. The topological polar surface area (TPSA) is 63.4 Å². The summed E-state index contributed by atoms with van der Waals surface area (Å²) in [5.41, 5.74) is 6.03. The summed E-state index contributed by atoms with van der Waals surface area (Å²) < 4.78 is 27.0. The van der Waals surface area contributed by atoms with Gasteiger partial charge in [-0.05, 0) is 37.0 Å². The molecule has 0 atom stereocenters. The van der Waals surface area contributed by atoms with Crippen LogP contribution in [0.4, 0.5) is 0 Å². The molecule has 1 saturated carbocycles. The first-order chi connectivity index (χ1) is 10.1. The maximum atomic E-state index is 12.7. The molecular formula is C16H22N2O2S. The third kappa shape index (κ3) is 3.85. The van der Waals surface area contributed by atoms with Gasteiger partial charge in [0.15, 0.2) is 0 Å². The van der Waals surface area contributed by atoms with Crippen LogP contribution < -0.4 is 5.73 Å². The minimum Gasteiger partial charge on any atom is -0.320 e. The molecule has 21 heavy (non-hydrogen) atoms. The van der Waals surface area contributed by atoms with Crippen molar-refractivity contribution in [3.8, 4) is 11.8 Å². The fraction of sp³-hybridized carbons (Fsp3) is 0.500. The van der Waals surface area contributed by atoms with Gasteiger partial charge < -0.3 is 5.73 Å². The van der Waals surface area contributed by atoms with E-state index in [0.29, 0.717) is 29.5 Å². The van der Waals surface area contributed by atoms with Crippen molar-refractivity contribution in [2.24, 2.45) is 11.7 Å². The first kappa shape index (κ1) is 16.0. The Kier molecular flexibility index (Phi) is 5.40. The molecule has 0 radical (unpaired) electrons. The maximum Gasteiger partial charge on any atom is 0.243 e. The van der Waals surface area contributed by atoms with Gasteiger partial charge in [-0.3, -0.25) is 0 Å². The Morgan fingerprint density at radius 1 is 1.38 bits per heavy atom. The van der Waals surface area contributed by atoms with Crippen molar-refractivity contribution in [1.82, 2.24) is 4.31 Å². The second kappa shape index (κ2) is 7.08. The summed E-state index contributed by atoms with van der Waals surface area (Å²) in [6.45, 7) is 3.27. The molecule has 1 aromatic carbocycles. The van der Waals surface area contributed by atoms with Crippen molar-refractivity contribution in [3.63, 3.8) is 0 Å². The van der Waals surface area contributed by atoms with Crippen LogP contribution in [0.1, 0.15) is 31.7 Å². The Bertz CT molecular complexity index is 640. The molecule has 0 unspecified atom stereocenters. The number of benzene rings is 1. The van der Waals surface area contributed by atoms with Crippen molar-refractivity contribution >= 4 is 10.0 Å². The molecule has 0 aromatic heterocycles. The van der Waals surface area contributed by atoms with E-state index in [4.69, 9.17) is 5.73 Å². The van der Waals surface area contributed by atoms with Crippen molar-refractivity contribution in [1.29, 1.82) is 0 Å². The zero-order chi connectivity index (χ0) is 15.3. The molecule has 1 aliphatic rings. The van der Waals surface area contributed by atoms with Crippen LogP contribution >= 0.6 is 0 Å². The van der Waals surface area contributed by atoms with Crippen molar-refractivity contribution in [3.05, 3.63) is 29.8 Å². The van der Waals surface area contributed by atoms with Crippen LogP contribution in [0.5, 0.6) is 0 Å². The van der Waals surface area contributed by atoms with Gasteiger partial charge in [0.05, 0.1) is 11.4 Å². The minimum absolute atomic E-state index is 0.264. The number of rotatable bonds is 5. The zero-order valence-electron chi connectivity index (χ0n) is 12.4. The average molecular weight is 306 g/mol. The third-order valence-corrected chi connectivity index (χ3v) is 5.78. The van der Waals surface area contributed by atoms with E-state index in [-0.39, 0.29) is 6.54 Å². The molecule has 0 bridgehead atoms. The molecule has 0 heterocycles. The molecule has 0 aliphatic heterocycles. The molecular weight excluding hydrogens is 284 g/mol. The fourth-order valence-corrected chi connectivity index (χ4v) is 3.97. The Morgan fingerprint density at radius 3 is 2.71 bits per heavy atom. The van der Waals surface area contributed by atoms with Gasteiger partial charge in [0.25, 0.3) is 0 Å². The van der Waals surface area contributed by atoms with Gasteiger partial charge in [0.2, 0.25) is 10.0 Å². The standard InChI is InChI=1S/C16H22N2O2S/c1-2-18(13-15-7-3-8-15)21(19,20)16-10-4-6-14(12-16)9-5-11-17/h4,6,10,12,15H,2-3,7-8,11,13,17H2,1H3. The van der Waals surface area contributed by atoms with E-state index in [1.807, 2.05) is 6.92 Å².